The molecule has 0 saturated heterocycles. The number of nitrogens with one attached hydrogen (secondary N) is 1. The predicted molar refractivity (Wildman–Crippen MR) is 67.1 cm³/mol. The summed E-state index contributed by atoms with van der Waals surface area (Å²) in [6.45, 7) is 8.88. The normalized spacial score (nSPS) is 24.9. The Morgan fingerprint density at radius 1 is 1.31 bits per heavy atom. The Morgan fingerprint density at radius 2 is 2.12 bits per heavy atom. The van der Waals surface area contributed by atoms with Crippen molar-refractivity contribution in [2.75, 3.05) is 26.2 Å². The van der Waals surface area contributed by atoms with E-state index in [1.165, 1.54) is 25.8 Å². The number of hydrogen-bond acceptors (Lipinski definition) is 3. The molecule has 0 bridgehead atoms. The van der Waals surface area contributed by atoms with Gasteiger partial charge in [-0.2, -0.15) is 5.26 Å². The number of hydrogen-bond donors (Lipinski definition) is 1. The molecule has 92 valence electrons. The molecule has 0 spiro atoms. The van der Waals surface area contributed by atoms with Gasteiger partial charge in [0, 0.05) is 19.1 Å². The molecule has 0 aromatic carbocycles. The molecular weight excluding hydrogens is 198 g/mol. The molecule has 0 aliphatic heterocycles. The first-order valence-corrected chi connectivity index (χ1v) is 6.67. The lowest BCUT2D eigenvalue weighted by atomic mass is 10.1. The summed E-state index contributed by atoms with van der Waals surface area (Å²) in [6.07, 6.45) is 4.69. The van der Waals surface area contributed by atoms with Gasteiger partial charge in [0.15, 0.2) is 0 Å². The van der Waals surface area contributed by atoms with Crippen LogP contribution in [0.15, 0.2) is 0 Å². The lowest BCUT2D eigenvalue weighted by Gasteiger charge is -2.22. The van der Waals surface area contributed by atoms with Crippen LogP contribution < -0.4 is 5.32 Å². The minimum Gasteiger partial charge on any atom is -0.311 e. The van der Waals surface area contributed by atoms with E-state index in [0.717, 1.165) is 26.1 Å². The van der Waals surface area contributed by atoms with Gasteiger partial charge >= 0.3 is 0 Å². The second-order valence-electron chi connectivity index (χ2n) is 4.66. The van der Waals surface area contributed by atoms with E-state index < -0.39 is 0 Å². The highest BCUT2D eigenvalue weighted by Gasteiger charge is 2.26. The summed E-state index contributed by atoms with van der Waals surface area (Å²) in [4.78, 5) is 2.46. The molecule has 1 aliphatic rings. The molecule has 0 aromatic heterocycles. The van der Waals surface area contributed by atoms with Crippen LogP contribution in [0.4, 0.5) is 0 Å². The molecule has 2 atom stereocenters. The van der Waals surface area contributed by atoms with Crippen molar-refractivity contribution in [2.24, 2.45) is 5.92 Å². The smallest absolute Gasteiger partial charge is 0.0672 e. The third kappa shape index (κ3) is 4.11. The second kappa shape index (κ2) is 7.65. The monoisotopic (exact) mass is 223 g/mol. The van der Waals surface area contributed by atoms with Crippen LogP contribution >= 0.6 is 0 Å². The summed E-state index contributed by atoms with van der Waals surface area (Å²) in [5.41, 5.74) is 0. The Bertz CT molecular complexity index is 222. The SMILES string of the molecule is CCCN(CC)CCNC1CCCC1C#N. The van der Waals surface area contributed by atoms with Crippen LogP contribution in [0.1, 0.15) is 39.5 Å². The van der Waals surface area contributed by atoms with Crippen molar-refractivity contribution in [1.82, 2.24) is 10.2 Å². The van der Waals surface area contributed by atoms with Gasteiger partial charge < -0.3 is 10.2 Å². The van der Waals surface area contributed by atoms with Crippen molar-refractivity contribution >= 4 is 0 Å². The molecule has 1 saturated carbocycles. The van der Waals surface area contributed by atoms with Gasteiger partial charge in [-0.3, -0.25) is 0 Å². The maximum Gasteiger partial charge on any atom is 0.0672 e. The van der Waals surface area contributed by atoms with Gasteiger partial charge in [-0.05, 0) is 32.4 Å². The van der Waals surface area contributed by atoms with Gasteiger partial charge in [0.05, 0.1) is 12.0 Å². The average molecular weight is 223 g/mol. The highest BCUT2D eigenvalue weighted by atomic mass is 15.1. The first-order valence-electron chi connectivity index (χ1n) is 6.67. The molecule has 0 heterocycles. The van der Waals surface area contributed by atoms with E-state index in [-0.39, 0.29) is 5.92 Å². The van der Waals surface area contributed by atoms with E-state index in [1.807, 2.05) is 0 Å². The van der Waals surface area contributed by atoms with Crippen molar-refractivity contribution in [3.8, 4) is 6.07 Å². The summed E-state index contributed by atoms with van der Waals surface area (Å²) in [5, 5.41) is 12.5. The Kier molecular flexibility index (Phi) is 6.44. The van der Waals surface area contributed by atoms with Crippen LogP contribution in [0.2, 0.25) is 0 Å². The molecule has 1 N–H and O–H groups in total. The molecule has 16 heavy (non-hydrogen) atoms. The van der Waals surface area contributed by atoms with E-state index >= 15 is 0 Å². The zero-order chi connectivity index (χ0) is 11.8. The lowest BCUT2D eigenvalue weighted by molar-refractivity contribution is 0.279. The van der Waals surface area contributed by atoms with Gasteiger partial charge in [-0.25, -0.2) is 0 Å². The molecule has 1 aliphatic carbocycles. The minimum absolute atomic E-state index is 0.251. The molecule has 0 amide bonds. The largest absolute Gasteiger partial charge is 0.311 e. The van der Waals surface area contributed by atoms with Crippen molar-refractivity contribution in [1.29, 1.82) is 5.26 Å². The van der Waals surface area contributed by atoms with E-state index in [1.54, 1.807) is 0 Å². The summed E-state index contributed by atoms with van der Waals surface area (Å²) in [7, 11) is 0. The summed E-state index contributed by atoms with van der Waals surface area (Å²) < 4.78 is 0. The molecule has 0 aromatic rings. The number of rotatable bonds is 7. The quantitative estimate of drug-likeness (QED) is 0.717. The maximum atomic E-state index is 8.97. The summed E-state index contributed by atoms with van der Waals surface area (Å²) in [6, 6.07) is 2.86. The molecule has 3 nitrogen and oxygen atoms in total. The Labute approximate surface area is 99.8 Å². The average Bonchev–Trinajstić information content (AvgIpc) is 2.75. The summed E-state index contributed by atoms with van der Waals surface area (Å²) in [5.74, 6) is 0.251. The highest BCUT2D eigenvalue weighted by Crippen LogP contribution is 2.24. The van der Waals surface area contributed by atoms with E-state index in [2.05, 4.69) is 30.1 Å². The Hall–Kier alpha value is -0.590. The fraction of sp³-hybridized carbons (Fsp3) is 0.923. The van der Waals surface area contributed by atoms with Gasteiger partial charge in [-0.15, -0.1) is 0 Å². The van der Waals surface area contributed by atoms with E-state index in [4.69, 9.17) is 5.26 Å². The van der Waals surface area contributed by atoms with Gasteiger partial charge in [-0.1, -0.05) is 20.3 Å². The Morgan fingerprint density at radius 3 is 2.75 bits per heavy atom. The van der Waals surface area contributed by atoms with Crippen LogP contribution in [0, 0.1) is 17.2 Å². The maximum absolute atomic E-state index is 8.97. The lowest BCUT2D eigenvalue weighted by Crippen LogP contribution is -2.38. The molecule has 1 rings (SSSR count). The second-order valence-corrected chi connectivity index (χ2v) is 4.66. The zero-order valence-corrected chi connectivity index (χ0v) is 10.7. The van der Waals surface area contributed by atoms with Crippen molar-refractivity contribution in [3.05, 3.63) is 0 Å². The van der Waals surface area contributed by atoms with Crippen LogP contribution in [-0.2, 0) is 0 Å². The number of nitrogens with zero attached hydrogens (tertiary/aromatic N) is 2. The standard InChI is InChI=1S/C13H25N3/c1-3-9-16(4-2)10-8-15-13-7-5-6-12(13)11-14/h12-13,15H,3-10H2,1-2H3. The molecule has 3 heteroatoms. The van der Waals surface area contributed by atoms with Crippen LogP contribution in [0.5, 0.6) is 0 Å². The van der Waals surface area contributed by atoms with Crippen molar-refractivity contribution in [3.63, 3.8) is 0 Å². The third-order valence-electron chi connectivity index (χ3n) is 3.50. The fourth-order valence-corrected chi connectivity index (χ4v) is 2.51. The van der Waals surface area contributed by atoms with Gasteiger partial charge in [0.1, 0.15) is 0 Å². The first-order chi connectivity index (χ1) is 7.81. The number of nitriles is 1. The van der Waals surface area contributed by atoms with Crippen molar-refractivity contribution in [2.45, 2.75) is 45.6 Å². The topological polar surface area (TPSA) is 39.1 Å². The van der Waals surface area contributed by atoms with Gasteiger partial charge in [0.2, 0.25) is 0 Å². The van der Waals surface area contributed by atoms with Crippen LogP contribution in [-0.4, -0.2) is 37.1 Å². The van der Waals surface area contributed by atoms with Crippen LogP contribution in [0.3, 0.4) is 0 Å². The molecule has 1 fully saturated rings. The minimum atomic E-state index is 0.251. The first kappa shape index (κ1) is 13.5. The van der Waals surface area contributed by atoms with E-state index in [9.17, 15) is 0 Å². The molecular formula is C13H25N3. The number of likely N-dealkylation sites (N-methyl/N-ethyl adjacent to an activating group) is 1. The van der Waals surface area contributed by atoms with Crippen LogP contribution in [0.25, 0.3) is 0 Å². The van der Waals surface area contributed by atoms with E-state index in [0.29, 0.717) is 6.04 Å². The fourth-order valence-electron chi connectivity index (χ4n) is 2.51. The predicted octanol–water partition coefficient (Wildman–Crippen LogP) is 2.00. The third-order valence-corrected chi connectivity index (χ3v) is 3.50. The van der Waals surface area contributed by atoms with Crippen molar-refractivity contribution < 1.29 is 0 Å². The molecule has 0 radical (unpaired) electrons. The highest BCUT2D eigenvalue weighted by molar-refractivity contribution is 4.96. The van der Waals surface area contributed by atoms with Gasteiger partial charge in [0.25, 0.3) is 0 Å². The summed E-state index contributed by atoms with van der Waals surface area (Å²) >= 11 is 0. The Balaban J connectivity index is 2.16. The molecule has 2 unspecified atom stereocenters. The zero-order valence-electron chi connectivity index (χ0n) is 10.7.